The van der Waals surface area contributed by atoms with Crippen molar-refractivity contribution in [2.24, 2.45) is 0 Å². The molecule has 0 bridgehead atoms. The molecule has 5 aromatic rings. The quantitative estimate of drug-likeness (QED) is 0.0922. The summed E-state index contributed by atoms with van der Waals surface area (Å²) in [6, 6.07) is 8.92. The highest BCUT2D eigenvalue weighted by molar-refractivity contribution is 6.84. The first-order chi connectivity index (χ1) is 16.8. The second-order valence-corrected chi connectivity index (χ2v) is 21.7. The lowest BCUT2D eigenvalue weighted by molar-refractivity contribution is 1.29. The molecule has 0 fully saturated rings. The predicted molar refractivity (Wildman–Crippen MR) is 163 cm³/mol. The van der Waals surface area contributed by atoms with Crippen molar-refractivity contribution in [3.63, 3.8) is 0 Å². The smallest absolute Gasteiger partial charge is 0.129 e. The zero-order valence-electron chi connectivity index (χ0n) is 23.2. The molecule has 0 aliphatic heterocycles. The van der Waals surface area contributed by atoms with Gasteiger partial charge < -0.3 is 0 Å². The number of hydrogen-bond donors (Lipinski definition) is 0. The average molecular weight is 503 g/mol. The lowest BCUT2D eigenvalue weighted by Gasteiger charge is -2.19. The fraction of sp³-hybridized carbons (Fsp3) is 0.312. The van der Waals surface area contributed by atoms with Gasteiger partial charge in [0.2, 0.25) is 0 Å². The first kappa shape index (κ1) is 24.5. The second kappa shape index (κ2) is 8.17. The summed E-state index contributed by atoms with van der Waals surface area (Å²) >= 11 is 0. The van der Waals surface area contributed by atoms with Crippen molar-refractivity contribution >= 4 is 59.5 Å². The van der Waals surface area contributed by atoms with Crippen LogP contribution in [0.3, 0.4) is 0 Å². The number of pyridine rings is 2. The molecule has 0 saturated heterocycles. The van der Waals surface area contributed by atoms with Crippen LogP contribution in [-0.4, -0.2) is 26.1 Å². The summed E-state index contributed by atoms with van der Waals surface area (Å²) in [5.74, 6) is 6.96. The third kappa shape index (κ3) is 3.99. The molecule has 4 heteroatoms. The van der Waals surface area contributed by atoms with Gasteiger partial charge in [-0.1, -0.05) is 75.4 Å². The number of rotatable bonds is 0. The van der Waals surface area contributed by atoms with E-state index in [1.165, 1.54) is 32.7 Å². The van der Waals surface area contributed by atoms with Crippen LogP contribution in [0.25, 0.3) is 43.4 Å². The van der Waals surface area contributed by atoms with Crippen LogP contribution in [0.4, 0.5) is 0 Å². The number of fused-ring (bicyclic) bond motifs is 2. The van der Waals surface area contributed by atoms with E-state index in [0.29, 0.717) is 0 Å². The van der Waals surface area contributed by atoms with Gasteiger partial charge in [-0.25, -0.2) is 9.97 Å². The number of benzene rings is 3. The van der Waals surface area contributed by atoms with E-state index in [-0.39, 0.29) is 0 Å². The number of nitrogens with zero attached hydrogens (tertiary/aromatic N) is 2. The van der Waals surface area contributed by atoms with Crippen LogP contribution in [0.1, 0.15) is 33.6 Å². The molecule has 0 aliphatic carbocycles. The summed E-state index contributed by atoms with van der Waals surface area (Å²) in [6.45, 7) is 22.4. The molecule has 0 unspecified atom stereocenters. The largest absolute Gasteiger partial charge is 0.238 e. The molecule has 0 saturated carbocycles. The molecule has 2 nitrogen and oxygen atoms in total. The van der Waals surface area contributed by atoms with Gasteiger partial charge in [0, 0.05) is 21.5 Å². The van der Waals surface area contributed by atoms with Gasteiger partial charge in [0.05, 0.1) is 11.0 Å². The average Bonchev–Trinajstić information content (AvgIpc) is 2.77. The Balaban J connectivity index is 2.05. The van der Waals surface area contributed by atoms with Gasteiger partial charge in [0.25, 0.3) is 0 Å². The fourth-order valence-corrected chi connectivity index (χ4v) is 6.12. The molecular weight excluding hydrogens is 469 g/mol. The molecular formula is C32H34N2Si2. The highest BCUT2D eigenvalue weighted by atomic mass is 28.3. The minimum Gasteiger partial charge on any atom is -0.238 e. The van der Waals surface area contributed by atoms with E-state index in [0.717, 1.165) is 44.3 Å². The monoisotopic (exact) mass is 502 g/mol. The summed E-state index contributed by atoms with van der Waals surface area (Å²) in [4.78, 5) is 10.5. The molecule has 2 aromatic heterocycles. The van der Waals surface area contributed by atoms with E-state index in [2.05, 4.69) is 114 Å². The van der Waals surface area contributed by atoms with Crippen LogP contribution >= 0.6 is 0 Å². The summed E-state index contributed by atoms with van der Waals surface area (Å²) < 4.78 is 0. The summed E-state index contributed by atoms with van der Waals surface area (Å²) in [5, 5.41) is 7.23. The number of hydrogen-bond acceptors (Lipinski definition) is 2. The maximum atomic E-state index is 5.25. The zero-order chi connectivity index (χ0) is 26.2. The summed E-state index contributed by atoms with van der Waals surface area (Å²) in [6.07, 6.45) is 0. The van der Waals surface area contributed by atoms with Gasteiger partial charge >= 0.3 is 0 Å². The van der Waals surface area contributed by atoms with E-state index < -0.39 is 16.1 Å². The van der Waals surface area contributed by atoms with E-state index in [1.807, 2.05) is 0 Å². The van der Waals surface area contributed by atoms with Crippen LogP contribution in [0.15, 0.2) is 24.3 Å². The number of aromatic nitrogens is 2. The molecule has 2 heterocycles. The molecule has 0 spiro atoms. The minimum absolute atomic E-state index is 0.902. The SMILES string of the molecule is Cc1ccc2c3nc(C#C[Si](C)(C)C)c(C)c4c(C)ccc(c5nc(C#C[Si](C)(C)C)c(C)c1c25)c43. The Labute approximate surface area is 216 Å². The molecule has 5 rings (SSSR count). The first-order valence-electron chi connectivity index (χ1n) is 12.7. The normalized spacial score (nSPS) is 12.3. The minimum atomic E-state index is -1.54. The van der Waals surface area contributed by atoms with Crippen LogP contribution in [0, 0.1) is 50.6 Å². The topological polar surface area (TPSA) is 25.8 Å². The van der Waals surface area contributed by atoms with Gasteiger partial charge in [0.1, 0.15) is 27.5 Å². The van der Waals surface area contributed by atoms with E-state index in [1.54, 1.807) is 0 Å². The van der Waals surface area contributed by atoms with Gasteiger partial charge in [-0.05, 0) is 60.7 Å². The Kier molecular flexibility index (Phi) is 5.56. The highest BCUT2D eigenvalue weighted by Crippen LogP contribution is 2.42. The molecule has 0 N–H and O–H groups in total. The van der Waals surface area contributed by atoms with Crippen molar-refractivity contribution in [3.05, 3.63) is 57.9 Å². The van der Waals surface area contributed by atoms with Crippen LogP contribution in [0.2, 0.25) is 39.3 Å². The Morgan fingerprint density at radius 3 is 1.22 bits per heavy atom. The van der Waals surface area contributed by atoms with Crippen molar-refractivity contribution < 1.29 is 0 Å². The lowest BCUT2D eigenvalue weighted by atomic mass is 9.88. The second-order valence-electron chi connectivity index (χ2n) is 12.2. The third-order valence-corrected chi connectivity index (χ3v) is 8.58. The third-order valence-electron chi connectivity index (χ3n) is 6.83. The van der Waals surface area contributed by atoms with E-state index in [9.17, 15) is 0 Å². The van der Waals surface area contributed by atoms with Crippen molar-refractivity contribution in [2.45, 2.75) is 67.0 Å². The Hall–Kier alpha value is -3.19. The van der Waals surface area contributed by atoms with Gasteiger partial charge in [0.15, 0.2) is 0 Å². The van der Waals surface area contributed by atoms with E-state index >= 15 is 0 Å². The first-order valence-corrected chi connectivity index (χ1v) is 19.7. The van der Waals surface area contributed by atoms with Gasteiger partial charge in [-0.15, -0.1) is 11.1 Å². The van der Waals surface area contributed by atoms with Gasteiger partial charge in [-0.2, -0.15) is 0 Å². The van der Waals surface area contributed by atoms with E-state index in [4.69, 9.17) is 9.97 Å². The van der Waals surface area contributed by atoms with Crippen molar-refractivity contribution in [2.75, 3.05) is 0 Å². The number of aryl methyl sites for hydroxylation is 4. The van der Waals surface area contributed by atoms with Crippen LogP contribution in [-0.2, 0) is 0 Å². The molecule has 180 valence electrons. The fourth-order valence-electron chi connectivity index (χ4n) is 5.13. The Bertz CT molecular complexity index is 1710. The molecule has 0 aliphatic rings. The Morgan fingerprint density at radius 2 is 0.889 bits per heavy atom. The summed E-state index contributed by atoms with van der Waals surface area (Å²) in [7, 11) is -3.08. The van der Waals surface area contributed by atoms with Crippen molar-refractivity contribution in [1.82, 2.24) is 9.97 Å². The van der Waals surface area contributed by atoms with Crippen molar-refractivity contribution in [3.8, 4) is 22.9 Å². The molecule has 3 aromatic carbocycles. The van der Waals surface area contributed by atoms with Gasteiger partial charge in [-0.3, -0.25) is 0 Å². The molecule has 0 radical (unpaired) electrons. The standard InChI is InChI=1S/C32H34N2Si2/c1-19-11-13-23-29-27(19)21(3)25(15-17-35(5,6)7)33-31(29)24-14-12-20(2)28-22(4)26(16-18-36(8,9)10)34-32(23)30(24)28/h11-14H,1-10H3. The molecule has 0 atom stereocenters. The lowest BCUT2D eigenvalue weighted by Crippen LogP contribution is -2.16. The summed E-state index contributed by atoms with van der Waals surface area (Å²) in [5.41, 5.74) is 15.8. The maximum Gasteiger partial charge on any atom is 0.129 e. The maximum absolute atomic E-state index is 5.25. The van der Waals surface area contributed by atoms with Crippen molar-refractivity contribution in [1.29, 1.82) is 0 Å². The predicted octanol–water partition coefficient (Wildman–Crippen LogP) is 8.22. The molecule has 36 heavy (non-hydrogen) atoms. The highest BCUT2D eigenvalue weighted by Gasteiger charge is 2.22. The van der Waals surface area contributed by atoms with Crippen LogP contribution < -0.4 is 0 Å². The Morgan fingerprint density at radius 1 is 0.528 bits per heavy atom. The zero-order valence-corrected chi connectivity index (χ0v) is 25.2. The molecule has 0 amide bonds. The van der Waals surface area contributed by atoms with Crippen LogP contribution in [0.5, 0.6) is 0 Å².